The molecule has 0 spiro atoms. The van der Waals surface area contributed by atoms with Crippen LogP contribution in [0.5, 0.6) is 0 Å². The summed E-state index contributed by atoms with van der Waals surface area (Å²) in [6.07, 6.45) is 4.25. The van der Waals surface area contributed by atoms with Crippen LogP contribution in [0.25, 0.3) is 0 Å². The fourth-order valence-electron chi connectivity index (χ4n) is 2.75. The summed E-state index contributed by atoms with van der Waals surface area (Å²) in [4.78, 5) is 25.6. The van der Waals surface area contributed by atoms with Crippen molar-refractivity contribution in [3.05, 3.63) is 35.4 Å². The number of ether oxygens (including phenoxy) is 1. The van der Waals surface area contributed by atoms with Gasteiger partial charge in [-0.15, -0.1) is 0 Å². The fourth-order valence-corrected chi connectivity index (χ4v) is 2.75. The summed E-state index contributed by atoms with van der Waals surface area (Å²) in [5, 5.41) is 0. The molecule has 0 aliphatic carbocycles. The number of hydrogen-bond acceptors (Lipinski definition) is 3. The molecule has 2 aliphatic heterocycles. The Morgan fingerprint density at radius 1 is 1.11 bits per heavy atom. The molecule has 0 N–H and O–H groups in total. The van der Waals surface area contributed by atoms with E-state index in [1.807, 2.05) is 0 Å². The monoisotopic (exact) mass is 259 g/mol. The van der Waals surface area contributed by atoms with Gasteiger partial charge in [0, 0.05) is 13.2 Å². The molecule has 1 aromatic carbocycles. The van der Waals surface area contributed by atoms with E-state index in [0.717, 1.165) is 25.9 Å². The molecule has 1 unspecified atom stereocenters. The second-order valence-electron chi connectivity index (χ2n) is 5.08. The molecule has 100 valence electrons. The van der Waals surface area contributed by atoms with Crippen LogP contribution in [-0.2, 0) is 4.74 Å². The molecule has 2 heterocycles. The smallest absolute Gasteiger partial charge is 0.261 e. The van der Waals surface area contributed by atoms with Crippen LogP contribution in [0.15, 0.2) is 24.3 Å². The minimum atomic E-state index is -0.170. The molecular weight excluding hydrogens is 242 g/mol. The maximum Gasteiger partial charge on any atom is 0.261 e. The third kappa shape index (κ3) is 2.28. The molecule has 4 heteroatoms. The zero-order chi connectivity index (χ0) is 13.2. The minimum absolute atomic E-state index is 0.170. The van der Waals surface area contributed by atoms with Crippen LogP contribution >= 0.6 is 0 Å². The first-order valence-corrected chi connectivity index (χ1v) is 6.84. The Kier molecular flexibility index (Phi) is 3.34. The van der Waals surface area contributed by atoms with Crippen molar-refractivity contribution in [2.45, 2.75) is 31.8 Å². The number of hydrogen-bond donors (Lipinski definition) is 0. The Labute approximate surface area is 112 Å². The second-order valence-corrected chi connectivity index (χ2v) is 5.08. The molecule has 1 fully saturated rings. The molecule has 0 saturated carbocycles. The van der Waals surface area contributed by atoms with E-state index in [0.29, 0.717) is 17.7 Å². The Morgan fingerprint density at radius 2 is 1.79 bits per heavy atom. The molecule has 19 heavy (non-hydrogen) atoms. The highest BCUT2D eigenvalue weighted by atomic mass is 16.5. The molecule has 1 aromatic rings. The predicted molar refractivity (Wildman–Crippen MR) is 70.0 cm³/mol. The first-order chi connectivity index (χ1) is 9.27. The lowest BCUT2D eigenvalue weighted by molar-refractivity contribution is 0.00680. The van der Waals surface area contributed by atoms with Crippen molar-refractivity contribution in [2.75, 3.05) is 13.2 Å². The summed E-state index contributed by atoms with van der Waals surface area (Å²) >= 11 is 0. The van der Waals surface area contributed by atoms with E-state index >= 15 is 0 Å². The van der Waals surface area contributed by atoms with Gasteiger partial charge in [0.1, 0.15) is 0 Å². The highest BCUT2D eigenvalue weighted by molar-refractivity contribution is 6.21. The van der Waals surface area contributed by atoms with Crippen molar-refractivity contribution >= 4 is 11.8 Å². The maximum atomic E-state index is 12.1. The lowest BCUT2D eigenvalue weighted by Crippen LogP contribution is -2.33. The summed E-state index contributed by atoms with van der Waals surface area (Å²) in [5.74, 6) is -0.340. The zero-order valence-electron chi connectivity index (χ0n) is 10.8. The van der Waals surface area contributed by atoms with Crippen LogP contribution in [0, 0.1) is 0 Å². The van der Waals surface area contributed by atoms with Gasteiger partial charge in [0.2, 0.25) is 0 Å². The summed E-state index contributed by atoms with van der Waals surface area (Å²) in [7, 11) is 0. The number of amides is 2. The molecule has 2 amide bonds. The Bertz CT molecular complexity index is 471. The molecule has 1 atom stereocenters. The SMILES string of the molecule is O=C1c2ccccc2C(=O)N1CCC1CCCCO1. The number of fused-ring (bicyclic) bond motifs is 1. The highest BCUT2D eigenvalue weighted by Crippen LogP contribution is 2.24. The molecule has 0 bridgehead atoms. The first kappa shape index (κ1) is 12.4. The number of nitrogens with zero attached hydrogens (tertiary/aromatic N) is 1. The van der Waals surface area contributed by atoms with Crippen LogP contribution in [0.4, 0.5) is 0 Å². The molecule has 0 aromatic heterocycles. The largest absolute Gasteiger partial charge is 0.378 e. The van der Waals surface area contributed by atoms with Crippen molar-refractivity contribution in [3.8, 4) is 0 Å². The normalized spacial score (nSPS) is 22.7. The average molecular weight is 259 g/mol. The van der Waals surface area contributed by atoms with Gasteiger partial charge in [0.25, 0.3) is 11.8 Å². The van der Waals surface area contributed by atoms with E-state index in [1.54, 1.807) is 24.3 Å². The average Bonchev–Trinajstić information content (AvgIpc) is 2.71. The van der Waals surface area contributed by atoms with E-state index in [2.05, 4.69) is 0 Å². The topological polar surface area (TPSA) is 46.6 Å². The summed E-state index contributed by atoms with van der Waals surface area (Å²) in [6, 6.07) is 7.01. The quantitative estimate of drug-likeness (QED) is 0.782. The van der Waals surface area contributed by atoms with Gasteiger partial charge in [-0.25, -0.2) is 0 Å². The van der Waals surface area contributed by atoms with Crippen LogP contribution in [-0.4, -0.2) is 36.0 Å². The van der Waals surface area contributed by atoms with Crippen LogP contribution in [0.3, 0.4) is 0 Å². The third-order valence-electron chi connectivity index (χ3n) is 3.83. The number of benzene rings is 1. The van der Waals surface area contributed by atoms with Gasteiger partial charge in [-0.1, -0.05) is 12.1 Å². The van der Waals surface area contributed by atoms with E-state index < -0.39 is 0 Å². The van der Waals surface area contributed by atoms with Crippen molar-refractivity contribution in [2.24, 2.45) is 0 Å². The third-order valence-corrected chi connectivity index (χ3v) is 3.83. The van der Waals surface area contributed by atoms with Crippen molar-refractivity contribution in [1.82, 2.24) is 4.90 Å². The number of carbonyl (C=O) groups excluding carboxylic acids is 2. The van der Waals surface area contributed by atoms with Crippen LogP contribution < -0.4 is 0 Å². The second kappa shape index (κ2) is 5.13. The van der Waals surface area contributed by atoms with E-state index in [-0.39, 0.29) is 17.9 Å². The van der Waals surface area contributed by atoms with Gasteiger partial charge < -0.3 is 4.74 Å². The van der Waals surface area contributed by atoms with Gasteiger partial charge in [0.05, 0.1) is 17.2 Å². The van der Waals surface area contributed by atoms with Gasteiger partial charge >= 0.3 is 0 Å². The predicted octanol–water partition coefficient (Wildman–Crippen LogP) is 2.24. The number of carbonyl (C=O) groups is 2. The Hall–Kier alpha value is -1.68. The molecule has 1 saturated heterocycles. The molecule has 3 rings (SSSR count). The van der Waals surface area contributed by atoms with Crippen LogP contribution in [0.2, 0.25) is 0 Å². The van der Waals surface area contributed by atoms with Gasteiger partial charge in [-0.05, 0) is 37.8 Å². The lowest BCUT2D eigenvalue weighted by Gasteiger charge is -2.24. The molecular formula is C15H17NO3. The summed E-state index contributed by atoms with van der Waals surface area (Å²) < 4.78 is 5.64. The van der Waals surface area contributed by atoms with Gasteiger partial charge in [-0.3, -0.25) is 14.5 Å². The van der Waals surface area contributed by atoms with Crippen molar-refractivity contribution < 1.29 is 14.3 Å². The minimum Gasteiger partial charge on any atom is -0.378 e. The van der Waals surface area contributed by atoms with Crippen molar-refractivity contribution in [1.29, 1.82) is 0 Å². The fraction of sp³-hybridized carbons (Fsp3) is 0.467. The Balaban J connectivity index is 1.67. The molecule has 0 radical (unpaired) electrons. The molecule has 4 nitrogen and oxygen atoms in total. The van der Waals surface area contributed by atoms with Crippen molar-refractivity contribution in [3.63, 3.8) is 0 Å². The van der Waals surface area contributed by atoms with Gasteiger partial charge in [-0.2, -0.15) is 0 Å². The standard InChI is InChI=1S/C15H17NO3/c17-14-12-6-1-2-7-13(12)15(18)16(14)9-8-11-5-3-4-10-19-11/h1-2,6-7,11H,3-5,8-10H2. The first-order valence-electron chi connectivity index (χ1n) is 6.84. The van der Waals surface area contributed by atoms with Crippen LogP contribution in [0.1, 0.15) is 46.4 Å². The van der Waals surface area contributed by atoms with E-state index in [4.69, 9.17) is 4.74 Å². The highest BCUT2D eigenvalue weighted by Gasteiger charge is 2.35. The Morgan fingerprint density at radius 3 is 2.37 bits per heavy atom. The number of rotatable bonds is 3. The maximum absolute atomic E-state index is 12.1. The lowest BCUT2D eigenvalue weighted by atomic mass is 10.1. The summed E-state index contributed by atoms with van der Waals surface area (Å²) in [6.45, 7) is 1.25. The molecule has 2 aliphatic rings. The zero-order valence-corrected chi connectivity index (χ0v) is 10.8. The van der Waals surface area contributed by atoms with E-state index in [9.17, 15) is 9.59 Å². The van der Waals surface area contributed by atoms with E-state index in [1.165, 1.54) is 11.3 Å². The number of imide groups is 1. The summed E-state index contributed by atoms with van der Waals surface area (Å²) in [5.41, 5.74) is 1.05. The van der Waals surface area contributed by atoms with Gasteiger partial charge in [0.15, 0.2) is 0 Å².